The second kappa shape index (κ2) is 7.34. The van der Waals surface area contributed by atoms with Gasteiger partial charge >= 0.3 is 6.18 Å². The molecule has 26 heavy (non-hydrogen) atoms. The van der Waals surface area contributed by atoms with Crippen molar-refractivity contribution in [3.8, 4) is 0 Å². The van der Waals surface area contributed by atoms with Crippen molar-refractivity contribution in [1.82, 2.24) is 0 Å². The number of rotatable bonds is 4. The van der Waals surface area contributed by atoms with Crippen LogP contribution in [0.5, 0.6) is 0 Å². The molecule has 4 heteroatoms. The van der Waals surface area contributed by atoms with Crippen LogP contribution in [-0.2, 0) is 6.18 Å². The summed E-state index contributed by atoms with van der Waals surface area (Å²) in [5.74, 6) is 0.0307. The summed E-state index contributed by atoms with van der Waals surface area (Å²) in [6.45, 7) is 2.03. The summed E-state index contributed by atoms with van der Waals surface area (Å²) in [5.41, 5.74) is 7.26. The number of hydrogen-bond acceptors (Lipinski definition) is 1. The molecule has 3 aromatic carbocycles. The summed E-state index contributed by atoms with van der Waals surface area (Å²) >= 11 is 0. The first-order valence-electron chi connectivity index (χ1n) is 8.45. The minimum Gasteiger partial charge on any atom is -0.324 e. The number of hydrogen-bond donors (Lipinski definition) is 1. The molecule has 0 heterocycles. The first-order valence-corrected chi connectivity index (χ1v) is 8.45. The molecule has 0 aromatic heterocycles. The van der Waals surface area contributed by atoms with E-state index >= 15 is 0 Å². The molecule has 0 spiro atoms. The average Bonchev–Trinajstić information content (AvgIpc) is 2.64. The highest BCUT2D eigenvalue weighted by molar-refractivity contribution is 5.86. The van der Waals surface area contributed by atoms with Gasteiger partial charge in [-0.15, -0.1) is 0 Å². The molecule has 0 bridgehead atoms. The molecular weight excluding hydrogens is 335 g/mol. The third kappa shape index (κ3) is 3.97. The third-order valence-electron chi connectivity index (χ3n) is 4.62. The smallest absolute Gasteiger partial charge is 0.324 e. The largest absolute Gasteiger partial charge is 0.416 e. The molecule has 0 radical (unpaired) electrons. The van der Waals surface area contributed by atoms with Gasteiger partial charge in [-0.25, -0.2) is 0 Å². The molecule has 2 unspecified atom stereocenters. The van der Waals surface area contributed by atoms with Gasteiger partial charge in [0.15, 0.2) is 0 Å². The van der Waals surface area contributed by atoms with Crippen LogP contribution >= 0.6 is 0 Å². The van der Waals surface area contributed by atoms with Crippen LogP contribution in [0.3, 0.4) is 0 Å². The molecule has 0 fully saturated rings. The first-order chi connectivity index (χ1) is 12.4. The van der Waals surface area contributed by atoms with Gasteiger partial charge < -0.3 is 5.73 Å². The molecule has 1 nitrogen and oxygen atoms in total. The van der Waals surface area contributed by atoms with Gasteiger partial charge in [0.25, 0.3) is 0 Å². The summed E-state index contributed by atoms with van der Waals surface area (Å²) in [4.78, 5) is 0. The van der Waals surface area contributed by atoms with E-state index in [0.717, 1.165) is 28.5 Å². The van der Waals surface area contributed by atoms with E-state index in [1.165, 1.54) is 6.07 Å². The van der Waals surface area contributed by atoms with Crippen LogP contribution < -0.4 is 5.73 Å². The maximum absolute atomic E-state index is 12.8. The number of benzene rings is 3. The zero-order valence-electron chi connectivity index (χ0n) is 14.4. The lowest BCUT2D eigenvalue weighted by molar-refractivity contribution is -0.137. The lowest BCUT2D eigenvalue weighted by Gasteiger charge is -2.19. The van der Waals surface area contributed by atoms with Crippen molar-refractivity contribution < 1.29 is 13.2 Å². The normalized spacial score (nSPS) is 14.7. The van der Waals surface area contributed by atoms with Crippen molar-refractivity contribution in [3.05, 3.63) is 89.5 Å². The van der Waals surface area contributed by atoms with Crippen LogP contribution in [0.25, 0.3) is 16.8 Å². The monoisotopic (exact) mass is 355 g/mol. The quantitative estimate of drug-likeness (QED) is 0.610. The lowest BCUT2D eigenvalue weighted by atomic mass is 9.89. The molecule has 2 atom stereocenters. The van der Waals surface area contributed by atoms with Crippen LogP contribution in [0.2, 0.25) is 0 Å². The van der Waals surface area contributed by atoms with Crippen molar-refractivity contribution in [1.29, 1.82) is 0 Å². The fraction of sp³-hybridized carbons (Fsp3) is 0.182. The maximum atomic E-state index is 12.8. The minimum atomic E-state index is -4.35. The predicted molar refractivity (Wildman–Crippen MR) is 101 cm³/mol. The Balaban J connectivity index is 1.83. The van der Waals surface area contributed by atoms with Gasteiger partial charge in [-0.05, 0) is 34.0 Å². The van der Waals surface area contributed by atoms with Crippen LogP contribution in [0.1, 0.15) is 29.5 Å². The zero-order valence-corrected chi connectivity index (χ0v) is 14.4. The molecule has 2 N–H and O–H groups in total. The van der Waals surface area contributed by atoms with E-state index in [4.69, 9.17) is 5.73 Å². The third-order valence-corrected chi connectivity index (χ3v) is 4.62. The minimum absolute atomic E-state index is 0.0307. The van der Waals surface area contributed by atoms with Gasteiger partial charge in [0.05, 0.1) is 5.56 Å². The molecule has 3 rings (SSSR count). The van der Waals surface area contributed by atoms with Crippen LogP contribution in [0.4, 0.5) is 13.2 Å². The fourth-order valence-electron chi connectivity index (χ4n) is 3.06. The van der Waals surface area contributed by atoms with E-state index in [9.17, 15) is 13.2 Å². The van der Waals surface area contributed by atoms with E-state index in [-0.39, 0.29) is 12.0 Å². The maximum Gasteiger partial charge on any atom is 0.416 e. The number of halogens is 3. The highest BCUT2D eigenvalue weighted by Gasteiger charge is 2.30. The van der Waals surface area contributed by atoms with Crippen molar-refractivity contribution in [3.63, 3.8) is 0 Å². The van der Waals surface area contributed by atoms with Gasteiger partial charge in [-0.2, -0.15) is 13.2 Å². The summed E-state index contributed by atoms with van der Waals surface area (Å²) in [6, 6.07) is 19.1. The van der Waals surface area contributed by atoms with E-state index in [1.807, 2.05) is 31.2 Å². The summed E-state index contributed by atoms with van der Waals surface area (Å²) in [5, 5.41) is 2.29. The predicted octanol–water partition coefficient (Wildman–Crippen LogP) is 6.00. The van der Waals surface area contributed by atoms with Crippen molar-refractivity contribution in [2.24, 2.45) is 5.73 Å². The Morgan fingerprint density at radius 1 is 0.923 bits per heavy atom. The highest BCUT2D eigenvalue weighted by Crippen LogP contribution is 2.30. The standard InChI is InChI=1S/C22H20F3N/c1-15(19-11-5-8-17-7-2-3-10-20(17)19)21(26)13-12-16-6-4-9-18(14-16)22(23,24)25/h2-15,21H,26H2,1H3. The molecule has 134 valence electrons. The van der Waals surface area contributed by atoms with E-state index in [1.54, 1.807) is 18.2 Å². The van der Waals surface area contributed by atoms with Crippen LogP contribution in [0, 0.1) is 0 Å². The summed E-state index contributed by atoms with van der Waals surface area (Å²) < 4.78 is 38.4. The van der Waals surface area contributed by atoms with E-state index in [2.05, 4.69) is 18.2 Å². The molecule has 0 saturated heterocycles. The first kappa shape index (κ1) is 18.2. The van der Waals surface area contributed by atoms with Crippen LogP contribution in [0.15, 0.2) is 72.8 Å². The molecular formula is C22H20F3N. The SMILES string of the molecule is CC(c1cccc2ccccc12)C(N)C=Cc1cccc(C(F)(F)F)c1. The Morgan fingerprint density at radius 2 is 1.62 bits per heavy atom. The van der Waals surface area contributed by atoms with Gasteiger partial charge in [0.2, 0.25) is 0 Å². The van der Waals surface area contributed by atoms with Crippen LogP contribution in [-0.4, -0.2) is 6.04 Å². The molecule has 0 aliphatic carbocycles. The second-order valence-corrected chi connectivity index (χ2v) is 6.42. The Hall–Kier alpha value is -2.59. The molecule has 0 aliphatic heterocycles. The second-order valence-electron chi connectivity index (χ2n) is 6.42. The topological polar surface area (TPSA) is 26.0 Å². The van der Waals surface area contributed by atoms with Crippen molar-refractivity contribution >= 4 is 16.8 Å². The average molecular weight is 355 g/mol. The van der Waals surface area contributed by atoms with E-state index < -0.39 is 11.7 Å². The Morgan fingerprint density at radius 3 is 2.38 bits per heavy atom. The molecule has 0 aliphatic rings. The molecule has 0 amide bonds. The number of alkyl halides is 3. The Kier molecular flexibility index (Phi) is 5.14. The number of nitrogens with two attached hydrogens (primary N) is 1. The summed E-state index contributed by atoms with van der Waals surface area (Å²) in [7, 11) is 0. The summed E-state index contributed by atoms with van der Waals surface area (Å²) in [6.07, 6.45) is -0.925. The number of fused-ring (bicyclic) bond motifs is 1. The van der Waals surface area contributed by atoms with Crippen molar-refractivity contribution in [2.75, 3.05) is 0 Å². The Labute approximate surface area is 151 Å². The fourth-order valence-corrected chi connectivity index (χ4v) is 3.06. The van der Waals surface area contributed by atoms with Gasteiger partial charge in [0.1, 0.15) is 0 Å². The molecule has 3 aromatic rings. The Bertz CT molecular complexity index is 923. The zero-order chi connectivity index (χ0) is 18.7. The van der Waals surface area contributed by atoms with Gasteiger partial charge in [0, 0.05) is 12.0 Å². The molecule has 0 saturated carbocycles. The van der Waals surface area contributed by atoms with E-state index in [0.29, 0.717) is 5.56 Å². The lowest BCUT2D eigenvalue weighted by Crippen LogP contribution is -2.24. The van der Waals surface area contributed by atoms with Gasteiger partial charge in [-0.3, -0.25) is 0 Å². The highest BCUT2D eigenvalue weighted by atomic mass is 19.4. The van der Waals surface area contributed by atoms with Gasteiger partial charge in [-0.1, -0.05) is 73.7 Å². The van der Waals surface area contributed by atoms with Crippen molar-refractivity contribution in [2.45, 2.75) is 25.1 Å².